The lowest BCUT2D eigenvalue weighted by molar-refractivity contribution is 0.0943. The Balaban J connectivity index is 1.92. The largest absolute Gasteiger partial charge is 0.378 e. The highest BCUT2D eigenvalue weighted by Gasteiger charge is 2.21. The first-order valence-electron chi connectivity index (χ1n) is 8.18. The van der Waals surface area contributed by atoms with Crippen LogP contribution in [0.15, 0.2) is 12.4 Å². The maximum absolute atomic E-state index is 5.79. The number of imidazole rings is 1. The first-order chi connectivity index (χ1) is 9.83. The second-order valence-corrected chi connectivity index (χ2v) is 5.76. The third-order valence-corrected chi connectivity index (χ3v) is 3.95. The molecule has 114 valence electrons. The van der Waals surface area contributed by atoms with E-state index < -0.39 is 0 Å². The van der Waals surface area contributed by atoms with Crippen molar-refractivity contribution in [3.8, 4) is 0 Å². The van der Waals surface area contributed by atoms with E-state index in [2.05, 4.69) is 34.9 Å². The fraction of sp³-hybridized carbons (Fsp3) is 0.812. The molecule has 0 aliphatic carbocycles. The summed E-state index contributed by atoms with van der Waals surface area (Å²) in [6.07, 6.45) is 11.3. The molecule has 1 N–H and O–H groups in total. The Kier molecular flexibility index (Phi) is 6.54. The molecule has 1 aromatic rings. The molecule has 1 fully saturated rings. The number of nitrogens with one attached hydrogen (secondary N) is 1. The topological polar surface area (TPSA) is 39.1 Å². The number of rotatable bonds is 9. The SMILES string of the molecule is CCCNC(Cc1nccn1CCC)CC1CCCO1. The van der Waals surface area contributed by atoms with E-state index in [1.165, 1.54) is 25.1 Å². The van der Waals surface area contributed by atoms with E-state index in [9.17, 15) is 0 Å². The fourth-order valence-electron chi connectivity index (χ4n) is 2.93. The molecule has 1 aliphatic heterocycles. The van der Waals surface area contributed by atoms with Crippen molar-refractivity contribution in [2.45, 2.75) is 71.1 Å². The molecule has 2 rings (SSSR count). The molecule has 0 saturated carbocycles. The Bertz CT molecular complexity index is 372. The normalized spacial score (nSPS) is 20.4. The summed E-state index contributed by atoms with van der Waals surface area (Å²) in [6, 6.07) is 0.482. The molecule has 0 radical (unpaired) electrons. The molecule has 2 heterocycles. The van der Waals surface area contributed by atoms with Crippen molar-refractivity contribution in [1.82, 2.24) is 14.9 Å². The van der Waals surface area contributed by atoms with E-state index in [0.29, 0.717) is 12.1 Å². The van der Waals surface area contributed by atoms with Crippen molar-refractivity contribution >= 4 is 0 Å². The number of nitrogens with zero attached hydrogens (tertiary/aromatic N) is 2. The van der Waals surface area contributed by atoms with Crippen LogP contribution in [0.4, 0.5) is 0 Å². The summed E-state index contributed by atoms with van der Waals surface area (Å²) >= 11 is 0. The number of hydrogen-bond acceptors (Lipinski definition) is 3. The van der Waals surface area contributed by atoms with Crippen molar-refractivity contribution in [3.05, 3.63) is 18.2 Å². The van der Waals surface area contributed by atoms with E-state index in [0.717, 1.165) is 39.0 Å². The molecule has 4 heteroatoms. The number of aromatic nitrogens is 2. The third kappa shape index (κ3) is 4.60. The van der Waals surface area contributed by atoms with Crippen molar-refractivity contribution in [3.63, 3.8) is 0 Å². The van der Waals surface area contributed by atoms with Crippen LogP contribution in [0.3, 0.4) is 0 Å². The highest BCUT2D eigenvalue weighted by atomic mass is 16.5. The molecule has 1 aromatic heterocycles. The van der Waals surface area contributed by atoms with Gasteiger partial charge in [-0.3, -0.25) is 0 Å². The minimum Gasteiger partial charge on any atom is -0.378 e. The average molecular weight is 279 g/mol. The van der Waals surface area contributed by atoms with Crippen LogP contribution >= 0.6 is 0 Å². The molecule has 0 spiro atoms. The fourth-order valence-corrected chi connectivity index (χ4v) is 2.93. The van der Waals surface area contributed by atoms with Crippen molar-refractivity contribution < 1.29 is 4.74 Å². The van der Waals surface area contributed by atoms with Gasteiger partial charge in [0.15, 0.2) is 0 Å². The van der Waals surface area contributed by atoms with Gasteiger partial charge in [-0.25, -0.2) is 4.98 Å². The van der Waals surface area contributed by atoms with E-state index in [1.54, 1.807) is 0 Å². The minimum atomic E-state index is 0.443. The number of aryl methyl sites for hydroxylation is 1. The Hall–Kier alpha value is -0.870. The molecule has 4 nitrogen and oxygen atoms in total. The Morgan fingerprint density at radius 2 is 2.35 bits per heavy atom. The third-order valence-electron chi connectivity index (χ3n) is 3.95. The van der Waals surface area contributed by atoms with Crippen molar-refractivity contribution in [1.29, 1.82) is 0 Å². The van der Waals surface area contributed by atoms with Gasteiger partial charge in [0.05, 0.1) is 6.10 Å². The van der Waals surface area contributed by atoms with Crippen LogP contribution in [0.1, 0.15) is 51.8 Å². The first-order valence-corrected chi connectivity index (χ1v) is 8.18. The molecule has 0 bridgehead atoms. The molecule has 2 atom stereocenters. The van der Waals surface area contributed by atoms with E-state index in [4.69, 9.17) is 4.74 Å². The summed E-state index contributed by atoms with van der Waals surface area (Å²) in [5, 5.41) is 3.67. The highest BCUT2D eigenvalue weighted by Crippen LogP contribution is 2.18. The molecule has 2 unspecified atom stereocenters. The second kappa shape index (κ2) is 8.42. The smallest absolute Gasteiger partial charge is 0.110 e. The van der Waals surface area contributed by atoms with Gasteiger partial charge >= 0.3 is 0 Å². The first kappa shape index (κ1) is 15.5. The quantitative estimate of drug-likeness (QED) is 0.755. The molecule has 0 aromatic carbocycles. The van der Waals surface area contributed by atoms with Crippen LogP contribution in [0.25, 0.3) is 0 Å². The van der Waals surface area contributed by atoms with Gasteiger partial charge in [-0.2, -0.15) is 0 Å². The van der Waals surface area contributed by atoms with Crippen LogP contribution in [-0.4, -0.2) is 34.8 Å². The van der Waals surface area contributed by atoms with E-state index in [-0.39, 0.29) is 0 Å². The van der Waals surface area contributed by atoms with E-state index in [1.807, 2.05) is 6.20 Å². The van der Waals surface area contributed by atoms with Gasteiger partial charge in [0, 0.05) is 38.0 Å². The lowest BCUT2D eigenvalue weighted by atomic mass is 10.0. The maximum atomic E-state index is 5.79. The van der Waals surface area contributed by atoms with Crippen molar-refractivity contribution in [2.24, 2.45) is 0 Å². The van der Waals surface area contributed by atoms with Gasteiger partial charge in [-0.15, -0.1) is 0 Å². The van der Waals surface area contributed by atoms with Crippen LogP contribution in [0.2, 0.25) is 0 Å². The standard InChI is InChI=1S/C16H29N3O/c1-3-7-17-14(12-15-6-5-11-20-15)13-16-18-8-10-19(16)9-4-2/h8,10,14-15,17H,3-7,9,11-13H2,1-2H3. The lowest BCUT2D eigenvalue weighted by Gasteiger charge is -2.22. The van der Waals surface area contributed by atoms with Gasteiger partial charge in [-0.1, -0.05) is 13.8 Å². The summed E-state index contributed by atoms with van der Waals surface area (Å²) in [4.78, 5) is 4.54. The van der Waals surface area contributed by atoms with Gasteiger partial charge in [-0.05, 0) is 38.6 Å². The van der Waals surface area contributed by atoms with Crippen LogP contribution < -0.4 is 5.32 Å². The summed E-state index contributed by atoms with van der Waals surface area (Å²) in [5.41, 5.74) is 0. The molecule has 1 saturated heterocycles. The van der Waals surface area contributed by atoms with Gasteiger partial charge in [0.2, 0.25) is 0 Å². The highest BCUT2D eigenvalue weighted by molar-refractivity contribution is 4.96. The molecule has 20 heavy (non-hydrogen) atoms. The molecule has 1 aliphatic rings. The van der Waals surface area contributed by atoms with Gasteiger partial charge in [0.25, 0.3) is 0 Å². The average Bonchev–Trinajstić information content (AvgIpc) is 3.09. The Labute approximate surface area is 122 Å². The Morgan fingerprint density at radius 1 is 1.45 bits per heavy atom. The minimum absolute atomic E-state index is 0.443. The predicted octanol–water partition coefficient (Wildman–Crippen LogP) is 2.77. The monoisotopic (exact) mass is 279 g/mol. The molecular formula is C16H29N3O. The molecular weight excluding hydrogens is 250 g/mol. The zero-order chi connectivity index (χ0) is 14.2. The van der Waals surface area contributed by atoms with Crippen LogP contribution in [-0.2, 0) is 17.7 Å². The molecule has 0 amide bonds. The van der Waals surface area contributed by atoms with Gasteiger partial charge in [0.1, 0.15) is 5.82 Å². The van der Waals surface area contributed by atoms with Crippen LogP contribution in [0, 0.1) is 0 Å². The summed E-state index contributed by atoms with van der Waals surface area (Å²) < 4.78 is 8.08. The summed E-state index contributed by atoms with van der Waals surface area (Å²) in [7, 11) is 0. The van der Waals surface area contributed by atoms with E-state index >= 15 is 0 Å². The predicted molar refractivity (Wildman–Crippen MR) is 81.9 cm³/mol. The summed E-state index contributed by atoms with van der Waals surface area (Å²) in [5.74, 6) is 1.21. The second-order valence-electron chi connectivity index (χ2n) is 5.76. The van der Waals surface area contributed by atoms with Gasteiger partial charge < -0.3 is 14.6 Å². The zero-order valence-electron chi connectivity index (χ0n) is 13.0. The number of hydrogen-bond donors (Lipinski definition) is 1. The van der Waals surface area contributed by atoms with Crippen LogP contribution in [0.5, 0.6) is 0 Å². The number of ether oxygens (including phenoxy) is 1. The Morgan fingerprint density at radius 3 is 3.05 bits per heavy atom. The lowest BCUT2D eigenvalue weighted by Crippen LogP contribution is -2.35. The summed E-state index contributed by atoms with van der Waals surface area (Å²) in [6.45, 7) is 7.51. The van der Waals surface area contributed by atoms with Crippen molar-refractivity contribution in [2.75, 3.05) is 13.2 Å². The zero-order valence-corrected chi connectivity index (χ0v) is 13.0. The maximum Gasteiger partial charge on any atom is 0.110 e.